The molecular formula is C12H15F2N5O. The molecule has 0 saturated heterocycles. The Morgan fingerprint density at radius 1 is 1.40 bits per heavy atom. The summed E-state index contributed by atoms with van der Waals surface area (Å²) in [6.07, 6.45) is 2.87. The highest BCUT2D eigenvalue weighted by molar-refractivity contribution is 5.92. The summed E-state index contributed by atoms with van der Waals surface area (Å²) in [6.45, 7) is 0.879. The van der Waals surface area contributed by atoms with Crippen LogP contribution in [0.2, 0.25) is 0 Å². The van der Waals surface area contributed by atoms with Crippen molar-refractivity contribution >= 4 is 5.91 Å². The van der Waals surface area contributed by atoms with Gasteiger partial charge in [0.2, 0.25) is 0 Å². The number of aryl methyl sites for hydroxylation is 2. The quantitative estimate of drug-likeness (QED) is 0.930. The molecule has 0 aliphatic rings. The van der Waals surface area contributed by atoms with Crippen LogP contribution >= 0.6 is 0 Å². The molecule has 0 aliphatic heterocycles. The van der Waals surface area contributed by atoms with Crippen molar-refractivity contribution in [1.29, 1.82) is 0 Å². The third kappa shape index (κ3) is 2.84. The largest absolute Gasteiger partial charge is 0.344 e. The van der Waals surface area contributed by atoms with E-state index in [2.05, 4.69) is 15.5 Å². The highest BCUT2D eigenvalue weighted by atomic mass is 19.3. The normalized spacial score (nSPS) is 12.7. The molecule has 0 bridgehead atoms. The summed E-state index contributed by atoms with van der Waals surface area (Å²) in [6, 6.07) is 0.970. The predicted octanol–water partition coefficient (Wildman–Crippen LogP) is 1.81. The average molecular weight is 283 g/mol. The van der Waals surface area contributed by atoms with E-state index in [1.54, 1.807) is 24.9 Å². The third-order valence-electron chi connectivity index (χ3n) is 2.91. The summed E-state index contributed by atoms with van der Waals surface area (Å²) >= 11 is 0. The van der Waals surface area contributed by atoms with Gasteiger partial charge in [-0.3, -0.25) is 9.48 Å². The smallest absolute Gasteiger partial charge is 0.333 e. The van der Waals surface area contributed by atoms with Crippen LogP contribution < -0.4 is 5.32 Å². The van der Waals surface area contributed by atoms with Gasteiger partial charge in [0.05, 0.1) is 11.7 Å². The zero-order valence-corrected chi connectivity index (χ0v) is 11.3. The molecule has 0 radical (unpaired) electrons. The maximum atomic E-state index is 12.4. The summed E-state index contributed by atoms with van der Waals surface area (Å²) in [5.41, 5.74) is 1.63. The van der Waals surface area contributed by atoms with Gasteiger partial charge in [0.25, 0.3) is 5.91 Å². The zero-order chi connectivity index (χ0) is 14.9. The number of hydrogen-bond donors (Lipinski definition) is 1. The van der Waals surface area contributed by atoms with Gasteiger partial charge in [0.1, 0.15) is 5.69 Å². The van der Waals surface area contributed by atoms with E-state index in [0.717, 1.165) is 17.5 Å². The first kappa shape index (κ1) is 14.2. The minimum atomic E-state index is -2.76. The highest BCUT2D eigenvalue weighted by Crippen LogP contribution is 2.16. The molecular weight excluding hydrogens is 268 g/mol. The van der Waals surface area contributed by atoms with Gasteiger partial charge in [-0.1, -0.05) is 0 Å². The van der Waals surface area contributed by atoms with Gasteiger partial charge in [-0.25, -0.2) is 4.68 Å². The van der Waals surface area contributed by atoms with Crippen LogP contribution in [0, 0.1) is 6.92 Å². The van der Waals surface area contributed by atoms with Crippen molar-refractivity contribution in [2.45, 2.75) is 26.4 Å². The van der Waals surface area contributed by atoms with Gasteiger partial charge in [-0.2, -0.15) is 19.0 Å². The van der Waals surface area contributed by atoms with Crippen LogP contribution in [0.5, 0.6) is 0 Å². The number of hydrogen-bond acceptors (Lipinski definition) is 3. The number of rotatable bonds is 4. The van der Waals surface area contributed by atoms with E-state index in [-0.39, 0.29) is 11.7 Å². The second-order valence-electron chi connectivity index (χ2n) is 4.50. The van der Waals surface area contributed by atoms with Crippen molar-refractivity contribution in [2.75, 3.05) is 0 Å². The predicted molar refractivity (Wildman–Crippen MR) is 67.3 cm³/mol. The molecule has 0 aliphatic carbocycles. The number of carbonyl (C=O) groups excluding carboxylic acids is 1. The Bertz CT molecular complexity index is 619. The van der Waals surface area contributed by atoms with Gasteiger partial charge < -0.3 is 5.32 Å². The van der Waals surface area contributed by atoms with Crippen LogP contribution in [0.15, 0.2) is 18.5 Å². The molecule has 6 nitrogen and oxygen atoms in total. The molecule has 0 saturated carbocycles. The van der Waals surface area contributed by atoms with Gasteiger partial charge in [0, 0.05) is 25.0 Å². The Morgan fingerprint density at radius 2 is 2.10 bits per heavy atom. The molecule has 1 unspecified atom stereocenters. The lowest BCUT2D eigenvalue weighted by molar-refractivity contribution is 0.0559. The molecule has 1 atom stereocenters. The van der Waals surface area contributed by atoms with E-state index in [4.69, 9.17) is 0 Å². The minimum Gasteiger partial charge on any atom is -0.344 e. The molecule has 8 heteroatoms. The van der Waals surface area contributed by atoms with Crippen LogP contribution in [-0.2, 0) is 7.05 Å². The highest BCUT2D eigenvalue weighted by Gasteiger charge is 2.18. The fourth-order valence-corrected chi connectivity index (χ4v) is 1.96. The van der Waals surface area contributed by atoms with Crippen molar-refractivity contribution in [3.8, 4) is 0 Å². The Morgan fingerprint density at radius 3 is 2.60 bits per heavy atom. The molecule has 0 aromatic carbocycles. The summed E-state index contributed by atoms with van der Waals surface area (Å²) in [7, 11) is 1.79. The van der Waals surface area contributed by atoms with Crippen molar-refractivity contribution in [2.24, 2.45) is 7.05 Å². The Hall–Kier alpha value is -2.25. The maximum Gasteiger partial charge on any atom is 0.333 e. The summed E-state index contributed by atoms with van der Waals surface area (Å²) in [5.74, 6) is -0.500. The van der Waals surface area contributed by atoms with Crippen LogP contribution in [0.25, 0.3) is 0 Å². The molecule has 0 spiro atoms. The molecule has 108 valence electrons. The molecule has 1 N–H and O–H groups in total. The van der Waals surface area contributed by atoms with Crippen molar-refractivity contribution < 1.29 is 13.6 Å². The molecule has 20 heavy (non-hydrogen) atoms. The van der Waals surface area contributed by atoms with Crippen molar-refractivity contribution in [3.63, 3.8) is 0 Å². The molecule has 2 heterocycles. The number of halogens is 2. The first-order valence-corrected chi connectivity index (χ1v) is 6.02. The van der Waals surface area contributed by atoms with Crippen LogP contribution in [0.1, 0.15) is 41.3 Å². The van der Waals surface area contributed by atoms with E-state index in [1.165, 1.54) is 6.07 Å². The number of nitrogens with one attached hydrogen (secondary N) is 1. The van der Waals surface area contributed by atoms with Crippen LogP contribution in [0.4, 0.5) is 8.78 Å². The van der Waals surface area contributed by atoms with E-state index >= 15 is 0 Å². The zero-order valence-electron chi connectivity index (χ0n) is 11.3. The summed E-state index contributed by atoms with van der Waals surface area (Å²) < 4.78 is 26.9. The Labute approximate surface area is 114 Å². The van der Waals surface area contributed by atoms with E-state index in [1.807, 2.05) is 6.92 Å². The lowest BCUT2D eigenvalue weighted by Crippen LogP contribution is -2.27. The van der Waals surface area contributed by atoms with E-state index in [0.29, 0.717) is 4.68 Å². The number of alkyl halides is 2. The standard InChI is InChI=1S/C12H15F2N5O/c1-7(9-6-18(3)16-8(9)2)15-11(20)10-4-5-19(17-10)12(13)14/h4-7,12H,1-3H3,(H,15,20). The third-order valence-corrected chi connectivity index (χ3v) is 2.91. The number of carbonyl (C=O) groups is 1. The lowest BCUT2D eigenvalue weighted by atomic mass is 10.1. The summed E-state index contributed by atoms with van der Waals surface area (Å²) in [5, 5.41) is 10.4. The molecule has 0 fully saturated rings. The Kier molecular flexibility index (Phi) is 3.82. The number of aromatic nitrogens is 4. The van der Waals surface area contributed by atoms with Crippen molar-refractivity contribution in [3.05, 3.63) is 35.4 Å². The number of amides is 1. The monoisotopic (exact) mass is 283 g/mol. The lowest BCUT2D eigenvalue weighted by Gasteiger charge is -2.12. The molecule has 1 amide bonds. The molecule has 2 aromatic rings. The van der Waals surface area contributed by atoms with Crippen LogP contribution in [0.3, 0.4) is 0 Å². The van der Waals surface area contributed by atoms with Gasteiger partial charge in [-0.05, 0) is 19.9 Å². The van der Waals surface area contributed by atoms with E-state index in [9.17, 15) is 13.6 Å². The maximum absolute atomic E-state index is 12.4. The second-order valence-corrected chi connectivity index (χ2v) is 4.50. The van der Waals surface area contributed by atoms with Crippen LogP contribution in [-0.4, -0.2) is 25.5 Å². The molecule has 2 rings (SSSR count). The van der Waals surface area contributed by atoms with Gasteiger partial charge >= 0.3 is 6.55 Å². The molecule has 2 aromatic heterocycles. The Balaban J connectivity index is 2.08. The fourth-order valence-electron chi connectivity index (χ4n) is 1.96. The SMILES string of the molecule is Cc1nn(C)cc1C(C)NC(=O)c1ccn(C(F)F)n1. The second kappa shape index (κ2) is 5.40. The van der Waals surface area contributed by atoms with Gasteiger partial charge in [-0.15, -0.1) is 0 Å². The first-order chi connectivity index (χ1) is 9.38. The van der Waals surface area contributed by atoms with Gasteiger partial charge in [0.15, 0.2) is 0 Å². The minimum absolute atomic E-state index is 0.0429. The topological polar surface area (TPSA) is 64.7 Å². The first-order valence-electron chi connectivity index (χ1n) is 6.02. The fraction of sp³-hybridized carbons (Fsp3) is 0.417. The van der Waals surface area contributed by atoms with Crippen molar-refractivity contribution in [1.82, 2.24) is 24.9 Å². The van der Waals surface area contributed by atoms with E-state index < -0.39 is 12.5 Å². The average Bonchev–Trinajstić information content (AvgIpc) is 2.95. The number of nitrogens with zero attached hydrogens (tertiary/aromatic N) is 4. The summed E-state index contributed by atoms with van der Waals surface area (Å²) in [4.78, 5) is 11.9.